The van der Waals surface area contributed by atoms with Gasteiger partial charge in [0.05, 0.1) is 16.1 Å². The molecule has 0 unspecified atom stereocenters. The Bertz CT molecular complexity index is 847. The van der Waals surface area contributed by atoms with Gasteiger partial charge in [0.2, 0.25) is 0 Å². The standard InChI is InChI=1S/C14H10ClN3OS/c1-8-4-5-11(10(15)7-8)17-14-18-12(19)9-3-2-6-16-13(9)20-14/h2-7H,1H3,(H,17,18,19). The molecule has 0 fully saturated rings. The molecule has 0 aliphatic heterocycles. The van der Waals surface area contributed by atoms with Gasteiger partial charge in [-0.1, -0.05) is 29.0 Å². The summed E-state index contributed by atoms with van der Waals surface area (Å²) in [7, 11) is 0. The topological polar surface area (TPSA) is 54.9 Å². The third-order valence-electron chi connectivity index (χ3n) is 2.76. The van der Waals surface area contributed by atoms with Crippen molar-refractivity contribution < 1.29 is 0 Å². The molecule has 4 nitrogen and oxygen atoms in total. The van der Waals surface area contributed by atoms with Crippen LogP contribution in [0.1, 0.15) is 5.56 Å². The van der Waals surface area contributed by atoms with Crippen molar-refractivity contribution in [1.29, 1.82) is 0 Å². The van der Waals surface area contributed by atoms with Crippen LogP contribution in [0.25, 0.3) is 10.2 Å². The van der Waals surface area contributed by atoms with Crippen LogP contribution in [0, 0.1) is 6.92 Å². The summed E-state index contributed by atoms with van der Waals surface area (Å²) in [5.41, 5.74) is 1.50. The van der Waals surface area contributed by atoms with E-state index in [1.54, 1.807) is 18.3 Å². The van der Waals surface area contributed by atoms with Crippen molar-refractivity contribution in [2.45, 2.75) is 6.92 Å². The van der Waals surface area contributed by atoms with E-state index in [0.717, 1.165) is 11.3 Å². The first-order chi connectivity index (χ1) is 9.63. The number of aryl methyl sites for hydroxylation is 1. The van der Waals surface area contributed by atoms with Gasteiger partial charge >= 0.3 is 0 Å². The van der Waals surface area contributed by atoms with Crippen LogP contribution in [0.15, 0.2) is 41.3 Å². The van der Waals surface area contributed by atoms with Gasteiger partial charge in [-0.2, -0.15) is 4.98 Å². The first-order valence-corrected chi connectivity index (χ1v) is 7.12. The van der Waals surface area contributed by atoms with Gasteiger partial charge in [0, 0.05) is 6.20 Å². The van der Waals surface area contributed by atoms with Crippen LogP contribution in [0.4, 0.5) is 10.8 Å². The molecule has 0 aliphatic carbocycles. The maximum absolute atomic E-state index is 11.9. The Hall–Kier alpha value is -1.98. The van der Waals surface area contributed by atoms with E-state index in [9.17, 15) is 4.79 Å². The molecule has 3 aromatic rings. The second kappa shape index (κ2) is 5.19. The summed E-state index contributed by atoms with van der Waals surface area (Å²) in [5.74, 6) is 0. The molecule has 3 rings (SSSR count). The Balaban J connectivity index is 2.05. The molecule has 1 N–H and O–H groups in total. The van der Waals surface area contributed by atoms with Crippen molar-refractivity contribution in [2.75, 3.05) is 5.32 Å². The minimum Gasteiger partial charge on any atom is -0.330 e. The van der Waals surface area contributed by atoms with Gasteiger partial charge in [0.1, 0.15) is 4.83 Å². The van der Waals surface area contributed by atoms with Crippen LogP contribution in [0.2, 0.25) is 5.02 Å². The van der Waals surface area contributed by atoms with E-state index in [-0.39, 0.29) is 5.56 Å². The Labute approximate surface area is 124 Å². The zero-order valence-corrected chi connectivity index (χ0v) is 12.1. The molecule has 100 valence electrons. The molecule has 2 aromatic heterocycles. The quantitative estimate of drug-likeness (QED) is 0.783. The molecule has 0 aliphatic rings. The summed E-state index contributed by atoms with van der Waals surface area (Å²) < 4.78 is 0. The molecule has 0 bridgehead atoms. The number of halogens is 1. The summed E-state index contributed by atoms with van der Waals surface area (Å²) in [4.78, 5) is 20.8. The van der Waals surface area contributed by atoms with Gasteiger partial charge in [0.15, 0.2) is 5.13 Å². The largest absolute Gasteiger partial charge is 0.330 e. The minimum atomic E-state index is -0.294. The predicted octanol–water partition coefficient (Wildman–Crippen LogP) is 3.76. The molecular formula is C14H10ClN3OS. The Kier molecular flexibility index (Phi) is 3.38. The molecule has 0 atom stereocenters. The van der Waals surface area contributed by atoms with Crippen molar-refractivity contribution in [3.63, 3.8) is 0 Å². The Morgan fingerprint density at radius 1 is 1.30 bits per heavy atom. The summed E-state index contributed by atoms with van der Waals surface area (Å²) in [6.45, 7) is 1.96. The third-order valence-corrected chi connectivity index (χ3v) is 3.98. The zero-order chi connectivity index (χ0) is 14.1. The molecule has 0 saturated carbocycles. The SMILES string of the molecule is Cc1ccc(Nc2nc(=O)c3cccnc3s2)c(Cl)c1. The van der Waals surface area contributed by atoms with E-state index in [4.69, 9.17) is 11.6 Å². The zero-order valence-electron chi connectivity index (χ0n) is 10.6. The first kappa shape index (κ1) is 13.0. The lowest BCUT2D eigenvalue weighted by molar-refractivity contribution is 1.29. The lowest BCUT2D eigenvalue weighted by atomic mass is 10.2. The molecule has 0 amide bonds. The van der Waals surface area contributed by atoms with Gasteiger partial charge in [-0.25, -0.2) is 4.98 Å². The second-order valence-corrected chi connectivity index (χ2v) is 5.67. The van der Waals surface area contributed by atoms with Gasteiger partial charge in [0.25, 0.3) is 5.56 Å². The molecule has 0 saturated heterocycles. The normalized spacial score (nSPS) is 10.7. The van der Waals surface area contributed by atoms with Crippen molar-refractivity contribution in [3.05, 3.63) is 57.5 Å². The number of nitrogens with one attached hydrogen (secondary N) is 1. The van der Waals surface area contributed by atoms with Crippen LogP contribution in [-0.4, -0.2) is 9.97 Å². The number of anilines is 2. The van der Waals surface area contributed by atoms with E-state index in [1.165, 1.54) is 11.3 Å². The minimum absolute atomic E-state index is 0.294. The van der Waals surface area contributed by atoms with Gasteiger partial charge < -0.3 is 5.32 Å². The molecule has 2 heterocycles. The van der Waals surface area contributed by atoms with Crippen LogP contribution in [0.5, 0.6) is 0 Å². The second-order valence-electron chi connectivity index (χ2n) is 4.29. The summed E-state index contributed by atoms with van der Waals surface area (Å²) in [5, 5.41) is 4.66. The summed E-state index contributed by atoms with van der Waals surface area (Å²) in [6.07, 6.45) is 1.65. The molecule has 6 heteroatoms. The number of hydrogen-bond acceptors (Lipinski definition) is 5. The average molecular weight is 304 g/mol. The lowest BCUT2D eigenvalue weighted by Crippen LogP contribution is -2.08. The number of rotatable bonds is 2. The molecular weight excluding hydrogens is 294 g/mol. The maximum Gasteiger partial charge on any atom is 0.282 e. The number of nitrogens with zero attached hydrogens (tertiary/aromatic N) is 2. The van der Waals surface area contributed by atoms with Crippen LogP contribution < -0.4 is 10.9 Å². The monoisotopic (exact) mass is 303 g/mol. The highest BCUT2D eigenvalue weighted by Crippen LogP contribution is 2.28. The molecule has 0 radical (unpaired) electrons. The highest BCUT2D eigenvalue weighted by atomic mass is 35.5. The van der Waals surface area contributed by atoms with Crippen molar-refractivity contribution in [2.24, 2.45) is 0 Å². The Morgan fingerprint density at radius 3 is 2.95 bits per heavy atom. The maximum atomic E-state index is 11.9. The Morgan fingerprint density at radius 2 is 2.15 bits per heavy atom. The van der Waals surface area contributed by atoms with Crippen LogP contribution in [-0.2, 0) is 0 Å². The molecule has 20 heavy (non-hydrogen) atoms. The van der Waals surface area contributed by atoms with Crippen molar-refractivity contribution in [1.82, 2.24) is 9.97 Å². The number of benzene rings is 1. The fourth-order valence-corrected chi connectivity index (χ4v) is 2.93. The fraction of sp³-hybridized carbons (Fsp3) is 0.0714. The van der Waals surface area contributed by atoms with E-state index >= 15 is 0 Å². The molecule has 0 spiro atoms. The smallest absolute Gasteiger partial charge is 0.282 e. The molecule has 1 aromatic carbocycles. The number of hydrogen-bond donors (Lipinski definition) is 1. The fourth-order valence-electron chi connectivity index (χ4n) is 1.79. The van der Waals surface area contributed by atoms with E-state index in [0.29, 0.717) is 20.4 Å². The van der Waals surface area contributed by atoms with Gasteiger partial charge in [-0.15, -0.1) is 0 Å². The van der Waals surface area contributed by atoms with Crippen LogP contribution in [0.3, 0.4) is 0 Å². The highest BCUT2D eigenvalue weighted by Gasteiger charge is 2.07. The summed E-state index contributed by atoms with van der Waals surface area (Å²) in [6, 6.07) is 9.10. The van der Waals surface area contributed by atoms with Gasteiger partial charge in [-0.3, -0.25) is 4.79 Å². The van der Waals surface area contributed by atoms with Crippen LogP contribution >= 0.6 is 22.9 Å². The highest BCUT2D eigenvalue weighted by molar-refractivity contribution is 7.21. The predicted molar refractivity (Wildman–Crippen MR) is 83.2 cm³/mol. The van der Waals surface area contributed by atoms with E-state index in [2.05, 4.69) is 15.3 Å². The average Bonchev–Trinajstić information content (AvgIpc) is 2.42. The van der Waals surface area contributed by atoms with E-state index < -0.39 is 0 Å². The van der Waals surface area contributed by atoms with E-state index in [1.807, 2.05) is 25.1 Å². The summed E-state index contributed by atoms with van der Waals surface area (Å²) >= 11 is 7.47. The van der Waals surface area contributed by atoms with Crippen molar-refractivity contribution >= 4 is 44.0 Å². The number of pyridine rings is 1. The number of aromatic nitrogens is 2. The van der Waals surface area contributed by atoms with Gasteiger partial charge in [-0.05, 0) is 36.8 Å². The third kappa shape index (κ3) is 2.50. The van der Waals surface area contributed by atoms with Crippen molar-refractivity contribution in [3.8, 4) is 0 Å². The first-order valence-electron chi connectivity index (χ1n) is 5.92. The lowest BCUT2D eigenvalue weighted by Gasteiger charge is -2.07. The number of fused-ring (bicyclic) bond motifs is 1.